The molecule has 5 nitrogen and oxygen atoms in total. The van der Waals surface area contributed by atoms with E-state index in [1.807, 2.05) is 7.05 Å². The largest absolute Gasteiger partial charge is 0.375 e. The first-order valence-electron chi connectivity index (χ1n) is 10.0. The van der Waals surface area contributed by atoms with Crippen molar-refractivity contribution in [3.63, 3.8) is 0 Å². The summed E-state index contributed by atoms with van der Waals surface area (Å²) >= 11 is 0. The zero-order valence-corrected chi connectivity index (χ0v) is 15.8. The fourth-order valence-electron chi connectivity index (χ4n) is 4.21. The van der Waals surface area contributed by atoms with E-state index in [4.69, 9.17) is 9.47 Å². The predicted molar refractivity (Wildman–Crippen MR) is 103 cm³/mol. The molecule has 2 atom stereocenters. The number of guanidine groups is 1. The topological polar surface area (TPSA) is 46.1 Å². The van der Waals surface area contributed by atoms with Gasteiger partial charge in [-0.05, 0) is 43.1 Å². The summed E-state index contributed by atoms with van der Waals surface area (Å²) in [6.45, 7) is 4.39. The van der Waals surface area contributed by atoms with Gasteiger partial charge < -0.3 is 19.7 Å². The van der Waals surface area contributed by atoms with Gasteiger partial charge in [-0.25, -0.2) is 0 Å². The molecule has 2 heterocycles. The van der Waals surface area contributed by atoms with Crippen LogP contribution >= 0.6 is 0 Å². The number of nitrogens with zero attached hydrogens (tertiary/aromatic N) is 2. The highest BCUT2D eigenvalue weighted by molar-refractivity contribution is 5.80. The van der Waals surface area contributed by atoms with Crippen molar-refractivity contribution in [3.8, 4) is 0 Å². The fourth-order valence-corrected chi connectivity index (χ4v) is 4.21. The molecule has 0 aromatic heterocycles. The molecule has 26 heavy (non-hydrogen) atoms. The number of hydrogen-bond acceptors (Lipinski definition) is 3. The molecule has 2 aliphatic heterocycles. The maximum Gasteiger partial charge on any atom is 0.193 e. The SMILES string of the molecule is CN=C(NCC1(Cc2ccccc2)CC1)N1CCOC(C2CCCO2)C1. The molecule has 1 saturated carbocycles. The predicted octanol–water partition coefficient (Wildman–Crippen LogP) is 2.46. The molecule has 5 heteroatoms. The van der Waals surface area contributed by atoms with Crippen molar-refractivity contribution in [1.82, 2.24) is 10.2 Å². The van der Waals surface area contributed by atoms with E-state index in [1.54, 1.807) is 0 Å². The first-order chi connectivity index (χ1) is 12.8. The van der Waals surface area contributed by atoms with Crippen LogP contribution in [0.3, 0.4) is 0 Å². The molecule has 1 N–H and O–H groups in total. The van der Waals surface area contributed by atoms with Crippen LogP contribution in [-0.2, 0) is 15.9 Å². The van der Waals surface area contributed by atoms with Crippen LogP contribution in [0.25, 0.3) is 0 Å². The highest BCUT2D eigenvalue weighted by Gasteiger charge is 2.42. The molecule has 1 aliphatic carbocycles. The van der Waals surface area contributed by atoms with Gasteiger partial charge in [0, 0.05) is 33.3 Å². The maximum absolute atomic E-state index is 5.97. The van der Waals surface area contributed by atoms with Crippen molar-refractivity contribution in [2.24, 2.45) is 10.4 Å². The average molecular weight is 357 g/mol. The summed E-state index contributed by atoms with van der Waals surface area (Å²) < 4.78 is 11.8. The van der Waals surface area contributed by atoms with Crippen molar-refractivity contribution < 1.29 is 9.47 Å². The molecule has 2 saturated heterocycles. The minimum Gasteiger partial charge on any atom is -0.375 e. The second-order valence-electron chi connectivity index (χ2n) is 7.97. The third kappa shape index (κ3) is 4.21. The van der Waals surface area contributed by atoms with Gasteiger partial charge >= 0.3 is 0 Å². The summed E-state index contributed by atoms with van der Waals surface area (Å²) in [5.74, 6) is 1.01. The summed E-state index contributed by atoms with van der Waals surface area (Å²) in [7, 11) is 1.88. The molecule has 4 rings (SSSR count). The molecule has 0 spiro atoms. The molecule has 1 aromatic carbocycles. The highest BCUT2D eigenvalue weighted by Crippen LogP contribution is 2.47. The summed E-state index contributed by atoms with van der Waals surface area (Å²) in [5.41, 5.74) is 1.84. The van der Waals surface area contributed by atoms with Crippen LogP contribution in [0, 0.1) is 5.41 Å². The quantitative estimate of drug-likeness (QED) is 0.650. The standard InChI is InChI=1S/C21H31N3O2/c1-22-20(24-11-13-26-19(15-24)18-8-5-12-25-18)23-16-21(9-10-21)14-17-6-3-2-4-7-17/h2-4,6-7,18-19H,5,8-16H2,1H3,(H,22,23). The fraction of sp³-hybridized carbons (Fsp3) is 0.667. The van der Waals surface area contributed by atoms with E-state index in [-0.39, 0.29) is 12.2 Å². The van der Waals surface area contributed by atoms with Gasteiger partial charge in [-0.2, -0.15) is 0 Å². The number of ether oxygens (including phenoxy) is 2. The Morgan fingerprint density at radius 3 is 2.69 bits per heavy atom. The Balaban J connectivity index is 1.31. The molecule has 0 bridgehead atoms. The summed E-state index contributed by atoms with van der Waals surface area (Å²) in [4.78, 5) is 6.89. The molecule has 0 amide bonds. The van der Waals surface area contributed by atoms with Crippen molar-refractivity contribution in [2.75, 3.05) is 39.9 Å². The molecule has 142 valence electrons. The van der Waals surface area contributed by atoms with Crippen LogP contribution in [0.4, 0.5) is 0 Å². The molecule has 1 aromatic rings. The van der Waals surface area contributed by atoms with Crippen LogP contribution in [0.5, 0.6) is 0 Å². The zero-order valence-electron chi connectivity index (χ0n) is 15.8. The van der Waals surface area contributed by atoms with Crippen LogP contribution in [0.2, 0.25) is 0 Å². The third-order valence-corrected chi connectivity index (χ3v) is 5.98. The van der Waals surface area contributed by atoms with Gasteiger partial charge in [0.1, 0.15) is 6.10 Å². The normalized spacial score (nSPS) is 28.2. The number of benzene rings is 1. The lowest BCUT2D eigenvalue weighted by Gasteiger charge is -2.37. The van der Waals surface area contributed by atoms with E-state index in [0.29, 0.717) is 5.41 Å². The molecule has 2 unspecified atom stereocenters. The van der Waals surface area contributed by atoms with Gasteiger partial charge in [-0.3, -0.25) is 4.99 Å². The van der Waals surface area contributed by atoms with Gasteiger partial charge in [0.15, 0.2) is 5.96 Å². The molecular weight excluding hydrogens is 326 g/mol. The van der Waals surface area contributed by atoms with Crippen LogP contribution in [0.15, 0.2) is 35.3 Å². The lowest BCUT2D eigenvalue weighted by molar-refractivity contribution is -0.0817. The molecule has 3 fully saturated rings. The molecule has 3 aliphatic rings. The monoisotopic (exact) mass is 357 g/mol. The minimum atomic E-state index is 0.170. The van der Waals surface area contributed by atoms with Crippen molar-refractivity contribution >= 4 is 5.96 Å². The summed E-state index contributed by atoms with van der Waals surface area (Å²) in [5, 5.41) is 3.65. The van der Waals surface area contributed by atoms with E-state index < -0.39 is 0 Å². The van der Waals surface area contributed by atoms with E-state index in [0.717, 1.165) is 58.1 Å². The Morgan fingerprint density at radius 2 is 2.00 bits per heavy atom. The summed E-state index contributed by atoms with van der Waals surface area (Å²) in [6, 6.07) is 10.8. The second kappa shape index (κ2) is 7.97. The van der Waals surface area contributed by atoms with E-state index in [9.17, 15) is 0 Å². The van der Waals surface area contributed by atoms with E-state index in [2.05, 4.69) is 45.5 Å². The summed E-state index contributed by atoms with van der Waals surface area (Å²) in [6.07, 6.45) is 6.44. The second-order valence-corrected chi connectivity index (χ2v) is 7.97. The molecular formula is C21H31N3O2. The van der Waals surface area contributed by atoms with Gasteiger partial charge in [0.05, 0.1) is 12.7 Å². The Bertz CT molecular complexity index is 609. The van der Waals surface area contributed by atoms with Crippen molar-refractivity contribution in [3.05, 3.63) is 35.9 Å². The van der Waals surface area contributed by atoms with Gasteiger partial charge in [0.25, 0.3) is 0 Å². The lowest BCUT2D eigenvalue weighted by Crippen LogP contribution is -2.54. The van der Waals surface area contributed by atoms with Gasteiger partial charge in [-0.1, -0.05) is 30.3 Å². The average Bonchev–Trinajstić information content (AvgIpc) is 3.21. The van der Waals surface area contributed by atoms with Crippen LogP contribution in [0.1, 0.15) is 31.2 Å². The number of nitrogens with one attached hydrogen (secondary N) is 1. The minimum absolute atomic E-state index is 0.170. The van der Waals surface area contributed by atoms with Crippen molar-refractivity contribution in [1.29, 1.82) is 0 Å². The van der Waals surface area contributed by atoms with Gasteiger partial charge in [0.2, 0.25) is 0 Å². The van der Waals surface area contributed by atoms with Gasteiger partial charge in [-0.15, -0.1) is 0 Å². The van der Waals surface area contributed by atoms with E-state index in [1.165, 1.54) is 18.4 Å². The third-order valence-electron chi connectivity index (χ3n) is 5.98. The van der Waals surface area contributed by atoms with E-state index >= 15 is 0 Å². The number of morpholine rings is 1. The van der Waals surface area contributed by atoms with Crippen LogP contribution < -0.4 is 5.32 Å². The lowest BCUT2D eigenvalue weighted by atomic mass is 9.96. The first-order valence-corrected chi connectivity index (χ1v) is 10.0. The first kappa shape index (κ1) is 17.8. The number of rotatable bonds is 5. The Kier molecular flexibility index (Phi) is 5.46. The van der Waals surface area contributed by atoms with Crippen LogP contribution in [-0.4, -0.2) is 63.0 Å². The number of hydrogen-bond donors (Lipinski definition) is 1. The molecule has 0 radical (unpaired) electrons. The zero-order chi connectivity index (χ0) is 17.8. The number of aliphatic imine (C=N–C) groups is 1. The van der Waals surface area contributed by atoms with Crippen molar-refractivity contribution in [2.45, 2.75) is 44.3 Å². The Hall–Kier alpha value is -1.59. The maximum atomic E-state index is 5.97. The Labute approximate surface area is 156 Å². The smallest absolute Gasteiger partial charge is 0.193 e. The highest BCUT2D eigenvalue weighted by atomic mass is 16.5. The Morgan fingerprint density at radius 1 is 1.19 bits per heavy atom.